The second kappa shape index (κ2) is 28.7. The number of unbranched alkanes of at least 4 members (excludes halogenated alkanes) is 2. The molecule has 2 aliphatic heterocycles. The van der Waals surface area contributed by atoms with E-state index in [-0.39, 0.29) is 84.8 Å². The minimum absolute atomic E-state index is 0.000457. The van der Waals surface area contributed by atoms with Gasteiger partial charge in [0.1, 0.15) is 12.1 Å². The molecule has 0 aromatic heterocycles. The van der Waals surface area contributed by atoms with Crippen LogP contribution in [0.15, 0.2) is 42.5 Å². The van der Waals surface area contributed by atoms with Gasteiger partial charge in [-0.15, -0.1) is 0 Å². The fourth-order valence-electron chi connectivity index (χ4n) is 9.05. The van der Waals surface area contributed by atoms with Gasteiger partial charge in [-0.25, -0.2) is 0 Å². The van der Waals surface area contributed by atoms with Crippen molar-refractivity contribution in [1.29, 1.82) is 0 Å². The number of imide groups is 1. The van der Waals surface area contributed by atoms with Crippen molar-refractivity contribution in [3.8, 4) is 0 Å². The molecule has 2 heterocycles. The third-order valence-corrected chi connectivity index (χ3v) is 12.9. The van der Waals surface area contributed by atoms with E-state index in [2.05, 4.69) is 10.6 Å². The van der Waals surface area contributed by atoms with Gasteiger partial charge >= 0.3 is 6.15 Å². The molecule has 1 saturated heterocycles. The normalized spacial score (nSPS) is 17.8. The van der Waals surface area contributed by atoms with Gasteiger partial charge < -0.3 is 34.8 Å². The summed E-state index contributed by atoms with van der Waals surface area (Å²) in [5.41, 5.74) is 1.13. The smallest absolute Gasteiger partial charge is 0.373 e. The van der Waals surface area contributed by atoms with Gasteiger partial charge in [0, 0.05) is 66.5 Å². The van der Waals surface area contributed by atoms with Crippen LogP contribution in [0.4, 0.5) is 0 Å². The zero-order chi connectivity index (χ0) is 49.7. The molecule has 8 atom stereocenters. The van der Waals surface area contributed by atoms with Crippen LogP contribution in [0.1, 0.15) is 105 Å². The zero-order valence-electron chi connectivity index (χ0n) is 41.1. The van der Waals surface area contributed by atoms with Gasteiger partial charge in [0.15, 0.2) is 0 Å². The number of nitrogens with zero attached hydrogens (tertiary/aromatic N) is 4. The van der Waals surface area contributed by atoms with E-state index in [0.29, 0.717) is 51.6 Å². The molecule has 0 saturated carbocycles. The number of rotatable bonds is 26. The topological polar surface area (TPSA) is 209 Å². The molecule has 17 nitrogen and oxygen atoms in total. The van der Waals surface area contributed by atoms with Crippen LogP contribution in [0, 0.1) is 23.7 Å². The van der Waals surface area contributed by atoms with E-state index in [0.717, 1.165) is 12.0 Å². The Bertz CT molecular complexity index is 1800. The number of nitrogens with one attached hydrogen (secondary N) is 2. The molecule has 0 aliphatic carbocycles. The fourth-order valence-corrected chi connectivity index (χ4v) is 9.05. The lowest BCUT2D eigenvalue weighted by atomic mass is 9.89. The van der Waals surface area contributed by atoms with E-state index >= 15 is 0 Å². The molecule has 1 aromatic carbocycles. The summed E-state index contributed by atoms with van der Waals surface area (Å²) in [7, 11) is 6.41. The van der Waals surface area contributed by atoms with E-state index in [1.807, 2.05) is 78.8 Å². The van der Waals surface area contributed by atoms with Gasteiger partial charge in [0.25, 0.3) is 11.8 Å². The third-order valence-electron chi connectivity index (χ3n) is 12.9. The van der Waals surface area contributed by atoms with Crippen molar-refractivity contribution >= 4 is 47.5 Å². The summed E-state index contributed by atoms with van der Waals surface area (Å²) in [5, 5.41) is 6.03. The Kier molecular flexibility index (Phi) is 24.7. The minimum Gasteiger partial charge on any atom is -0.379 e. The van der Waals surface area contributed by atoms with E-state index in [1.165, 1.54) is 22.0 Å². The van der Waals surface area contributed by atoms with Gasteiger partial charge in [-0.2, -0.15) is 9.59 Å². The molecule has 0 bridgehead atoms. The molecule has 17 heteroatoms. The van der Waals surface area contributed by atoms with Crippen LogP contribution in [0.5, 0.6) is 0 Å². The van der Waals surface area contributed by atoms with Crippen LogP contribution >= 0.6 is 0 Å². The summed E-state index contributed by atoms with van der Waals surface area (Å²) in [6.07, 6.45) is 6.30. The predicted molar refractivity (Wildman–Crippen MR) is 247 cm³/mol. The average molecular weight is 925 g/mol. The lowest BCUT2D eigenvalue weighted by Crippen LogP contribution is -2.60. The number of carbonyl (C=O) groups is 7. The molecule has 1 aromatic rings. The molecule has 368 valence electrons. The van der Waals surface area contributed by atoms with Crippen LogP contribution in [0.25, 0.3) is 0 Å². The van der Waals surface area contributed by atoms with Crippen molar-refractivity contribution in [2.24, 2.45) is 23.7 Å². The second-order valence-electron chi connectivity index (χ2n) is 18.1. The Hall–Kier alpha value is -5.25. The molecular formula is C49H76N6O11. The first kappa shape index (κ1) is 56.9. The first-order valence-electron chi connectivity index (χ1n) is 23.3. The molecule has 1 fully saturated rings. The highest BCUT2D eigenvalue weighted by atomic mass is 16.5. The minimum atomic E-state index is -0.928. The molecule has 0 radical (unpaired) electrons. The standard InChI is InChI=1S/C48H76N6O9.CO2/c1-12-33(6)44(37(62-10)30-41(58)53-29-19-22-36(53)45(63-11)34(7)46(59)49-27-26-35-20-15-13-16-21-35)52(9)48(61)42(31(2)3)50-47(60)43(32(4)5)51(8)38(55)23-17-14-18-28-54-39(56)24-25-40(54)57;2-1-3/h13,15-16,20-21,24-25,31-34,36-37,42-45H,12,14,17-19,22-23,26-30H2,1-11H3,(H,49,59)(H,50,60);/t33-,34+,36-,37+,42-,43-,44-,45+;/m0./s1. The Labute approximate surface area is 391 Å². The van der Waals surface area contributed by atoms with Crippen molar-refractivity contribution in [3.05, 3.63) is 48.0 Å². The predicted octanol–water partition coefficient (Wildman–Crippen LogP) is 3.79. The monoisotopic (exact) mass is 925 g/mol. The van der Waals surface area contributed by atoms with Crippen molar-refractivity contribution in [2.75, 3.05) is 47.9 Å². The maximum Gasteiger partial charge on any atom is 0.373 e. The van der Waals surface area contributed by atoms with Gasteiger partial charge in [0.05, 0.1) is 36.6 Å². The lowest BCUT2D eigenvalue weighted by molar-refractivity contribution is -0.192. The summed E-state index contributed by atoms with van der Waals surface area (Å²) in [6.45, 7) is 14.6. The average Bonchev–Trinajstić information content (AvgIpc) is 3.90. The third kappa shape index (κ3) is 16.3. The Morgan fingerprint density at radius 3 is 2.02 bits per heavy atom. The molecule has 3 rings (SSSR count). The van der Waals surface area contributed by atoms with Gasteiger partial charge in [0.2, 0.25) is 29.5 Å². The van der Waals surface area contributed by atoms with Crippen molar-refractivity contribution < 1.29 is 52.6 Å². The molecule has 0 unspecified atom stereocenters. The van der Waals surface area contributed by atoms with Crippen molar-refractivity contribution in [2.45, 2.75) is 143 Å². The quantitative estimate of drug-likeness (QED) is 0.101. The summed E-state index contributed by atoms with van der Waals surface area (Å²) in [6, 6.07) is 7.34. The van der Waals surface area contributed by atoms with E-state index in [1.54, 1.807) is 38.1 Å². The summed E-state index contributed by atoms with van der Waals surface area (Å²) in [4.78, 5) is 115. The Morgan fingerprint density at radius 2 is 1.47 bits per heavy atom. The summed E-state index contributed by atoms with van der Waals surface area (Å²) in [5.74, 6) is -3.09. The van der Waals surface area contributed by atoms with Crippen molar-refractivity contribution in [1.82, 2.24) is 30.2 Å². The molecular weight excluding hydrogens is 849 g/mol. The highest BCUT2D eigenvalue weighted by Gasteiger charge is 2.43. The number of likely N-dealkylation sites (N-methyl/N-ethyl adjacent to an activating group) is 2. The molecule has 2 aliphatic rings. The SMILES string of the molecule is CC[C@H](C)[C@@H]([C@@H](CC(=O)N1CCC[C@H]1[C@H](OC)[C@@H](C)C(=O)NCCc1ccccc1)OC)N(C)C(=O)[C@@H](NC(=O)[C@H](C(C)C)N(C)C(=O)CCCCCN1C(=O)C=CC1=O)C(C)C.O=C=O. The Balaban J connectivity index is 0.00000485. The molecule has 2 N–H and O–H groups in total. The van der Waals surface area contributed by atoms with E-state index < -0.39 is 42.2 Å². The summed E-state index contributed by atoms with van der Waals surface area (Å²) < 4.78 is 12.0. The highest BCUT2D eigenvalue weighted by Crippen LogP contribution is 2.30. The van der Waals surface area contributed by atoms with Crippen LogP contribution in [0.2, 0.25) is 0 Å². The number of benzene rings is 1. The van der Waals surface area contributed by atoms with Crippen molar-refractivity contribution in [3.63, 3.8) is 0 Å². The second-order valence-corrected chi connectivity index (χ2v) is 18.1. The Morgan fingerprint density at radius 1 is 0.848 bits per heavy atom. The number of methoxy groups -OCH3 is 2. The highest BCUT2D eigenvalue weighted by molar-refractivity contribution is 6.12. The lowest BCUT2D eigenvalue weighted by Gasteiger charge is -2.41. The number of hydrogen-bond donors (Lipinski definition) is 2. The van der Waals surface area contributed by atoms with Gasteiger partial charge in [-0.1, -0.05) is 91.6 Å². The van der Waals surface area contributed by atoms with Gasteiger partial charge in [-0.05, 0) is 55.4 Å². The van der Waals surface area contributed by atoms with Crippen LogP contribution in [-0.4, -0.2) is 151 Å². The molecule has 7 amide bonds. The maximum atomic E-state index is 14.5. The molecule has 0 spiro atoms. The largest absolute Gasteiger partial charge is 0.379 e. The maximum absolute atomic E-state index is 14.5. The molecule has 66 heavy (non-hydrogen) atoms. The van der Waals surface area contributed by atoms with Crippen LogP contribution < -0.4 is 10.6 Å². The number of ether oxygens (including phenoxy) is 2. The number of amides is 7. The van der Waals surface area contributed by atoms with E-state index in [4.69, 9.17) is 19.1 Å². The first-order chi connectivity index (χ1) is 31.3. The van der Waals surface area contributed by atoms with Crippen LogP contribution in [0.3, 0.4) is 0 Å². The zero-order valence-corrected chi connectivity index (χ0v) is 41.1. The van der Waals surface area contributed by atoms with Gasteiger partial charge in [-0.3, -0.25) is 38.5 Å². The fraction of sp³-hybridized carbons (Fsp3) is 0.673. The summed E-state index contributed by atoms with van der Waals surface area (Å²) >= 11 is 0. The number of hydrogen-bond acceptors (Lipinski definition) is 11. The van der Waals surface area contributed by atoms with Crippen LogP contribution in [-0.2, 0) is 59.0 Å². The number of likely N-dealkylation sites (tertiary alicyclic amines) is 1. The number of carbonyl (C=O) groups excluding carboxylic acids is 9. The van der Waals surface area contributed by atoms with E-state index in [9.17, 15) is 33.6 Å². The first-order valence-corrected chi connectivity index (χ1v) is 23.3.